The van der Waals surface area contributed by atoms with Crippen molar-refractivity contribution in [1.82, 2.24) is 9.13 Å². The molecule has 194 valence electrons. The van der Waals surface area contributed by atoms with Crippen molar-refractivity contribution in [3.63, 3.8) is 0 Å². The van der Waals surface area contributed by atoms with Crippen molar-refractivity contribution < 1.29 is 32.9 Å². The van der Waals surface area contributed by atoms with Crippen molar-refractivity contribution in [2.45, 2.75) is 38.4 Å². The molecule has 0 spiro atoms. The van der Waals surface area contributed by atoms with Gasteiger partial charge in [-0.1, -0.05) is 30.3 Å². The summed E-state index contributed by atoms with van der Waals surface area (Å²) in [6.07, 6.45) is -1.70. The average Bonchev–Trinajstić information content (AvgIpc) is 3.31. The Morgan fingerprint density at radius 1 is 1.08 bits per heavy atom. The summed E-state index contributed by atoms with van der Waals surface area (Å²) in [6.45, 7) is 1.30. The van der Waals surface area contributed by atoms with Gasteiger partial charge < -0.3 is 18.9 Å². The van der Waals surface area contributed by atoms with E-state index in [1.165, 1.54) is 38.3 Å². The number of carbonyl (C=O) groups excluding carboxylic acids is 2. The van der Waals surface area contributed by atoms with Gasteiger partial charge in [-0.2, -0.15) is 8.96 Å². The maximum Gasteiger partial charge on any atom is 0.340 e. The van der Waals surface area contributed by atoms with Gasteiger partial charge in [-0.05, 0) is 29.8 Å². The average molecular weight is 512 g/mol. The van der Waals surface area contributed by atoms with Crippen molar-refractivity contribution in [2.24, 2.45) is 0 Å². The highest BCUT2D eigenvalue weighted by molar-refractivity contribution is 5.95. The number of benzene rings is 2. The number of nitrogens with zero attached hydrogens (tertiary/aromatic N) is 2. The zero-order valence-electron chi connectivity index (χ0n) is 20.2. The highest BCUT2D eigenvalue weighted by Gasteiger charge is 2.39. The number of halogens is 1. The quantitative estimate of drug-likeness (QED) is 0.423. The summed E-state index contributed by atoms with van der Waals surface area (Å²) < 4.78 is 37.7. The zero-order valence-corrected chi connectivity index (χ0v) is 20.2. The number of carbonyl (C=O) groups is 2. The van der Waals surface area contributed by atoms with E-state index in [2.05, 4.69) is 0 Å². The fraction of sp³-hybridized carbons (Fsp3) is 0.308. The molecular formula is C26H25FN2O8. The predicted molar refractivity (Wildman–Crippen MR) is 128 cm³/mol. The lowest BCUT2D eigenvalue weighted by Crippen LogP contribution is -2.46. The molecule has 11 heteroatoms. The summed E-state index contributed by atoms with van der Waals surface area (Å²) in [6, 6.07) is 15.0. The van der Waals surface area contributed by atoms with Crippen molar-refractivity contribution in [3.05, 3.63) is 98.6 Å². The second-order valence-corrected chi connectivity index (χ2v) is 8.34. The van der Waals surface area contributed by atoms with Crippen LogP contribution in [0.5, 0.6) is 5.75 Å². The van der Waals surface area contributed by atoms with E-state index in [-0.39, 0.29) is 29.8 Å². The Labute approximate surface area is 210 Å². The van der Waals surface area contributed by atoms with Gasteiger partial charge >= 0.3 is 11.7 Å². The van der Waals surface area contributed by atoms with Crippen molar-refractivity contribution >= 4 is 11.9 Å². The van der Waals surface area contributed by atoms with Crippen LogP contribution in [0.15, 0.2) is 70.4 Å². The molecule has 37 heavy (non-hydrogen) atoms. The highest BCUT2D eigenvalue weighted by Crippen LogP contribution is 2.31. The Bertz CT molecular complexity index is 1380. The van der Waals surface area contributed by atoms with Gasteiger partial charge in [0.05, 0.1) is 26.0 Å². The molecule has 0 radical (unpaired) electrons. The lowest BCUT2D eigenvalue weighted by Gasteiger charge is -2.18. The molecule has 3 atom stereocenters. The number of hydrogen-bond acceptors (Lipinski definition) is 8. The smallest absolute Gasteiger partial charge is 0.340 e. The van der Waals surface area contributed by atoms with Crippen molar-refractivity contribution in [3.8, 4) is 5.75 Å². The molecule has 0 saturated carbocycles. The molecule has 1 fully saturated rings. The van der Waals surface area contributed by atoms with Crippen molar-refractivity contribution in [1.29, 1.82) is 0 Å². The number of methoxy groups -OCH3 is 1. The summed E-state index contributed by atoms with van der Waals surface area (Å²) in [4.78, 5) is 50.1. The number of aromatic nitrogens is 2. The van der Waals surface area contributed by atoms with Crippen LogP contribution >= 0.6 is 0 Å². The number of hydrogen-bond donors (Lipinski definition) is 0. The largest absolute Gasteiger partial charge is 0.497 e. The predicted octanol–water partition coefficient (Wildman–Crippen LogP) is 2.28. The third kappa shape index (κ3) is 5.84. The summed E-state index contributed by atoms with van der Waals surface area (Å²) in [7, 11) is 1.44. The molecule has 1 saturated heterocycles. The van der Waals surface area contributed by atoms with Gasteiger partial charge in [0.25, 0.3) is 11.5 Å². The van der Waals surface area contributed by atoms with Crippen LogP contribution in [0.4, 0.5) is 4.39 Å². The van der Waals surface area contributed by atoms with Crippen LogP contribution in [-0.2, 0) is 25.6 Å². The molecule has 0 bridgehead atoms. The summed E-state index contributed by atoms with van der Waals surface area (Å²) in [5.41, 5.74) is -1.58. The Hall–Kier alpha value is -4.09. The second kappa shape index (κ2) is 11.3. The fourth-order valence-electron chi connectivity index (χ4n) is 3.96. The Morgan fingerprint density at radius 2 is 1.78 bits per heavy atom. The summed E-state index contributed by atoms with van der Waals surface area (Å²) >= 11 is 0. The highest BCUT2D eigenvalue weighted by atomic mass is 19.1. The third-order valence-corrected chi connectivity index (χ3v) is 5.86. The first-order chi connectivity index (χ1) is 17.8. The number of rotatable bonds is 8. The van der Waals surface area contributed by atoms with Gasteiger partial charge in [0.2, 0.25) is 5.82 Å². The maximum absolute atomic E-state index is 14.7. The Kier molecular flexibility index (Phi) is 7.95. The first kappa shape index (κ1) is 26.0. The molecule has 1 aliphatic rings. The molecule has 2 aromatic carbocycles. The van der Waals surface area contributed by atoms with E-state index in [4.69, 9.17) is 18.9 Å². The van der Waals surface area contributed by atoms with E-state index in [1.807, 2.05) is 30.3 Å². The van der Waals surface area contributed by atoms with Gasteiger partial charge in [-0.25, -0.2) is 4.79 Å². The standard InChI is InChI=1S/C26H25FN2O8/c1-16(30)35-15-22-21(36-14-17-6-4-3-5-7-17)12-23(37-22)28-13-20(27)25(32)29(26(28)33)24(31)18-8-10-19(34-2)11-9-18/h3-11,13,21-23H,12,14-15H2,1-2H3/t21?,22-,23-/m0/s1. The summed E-state index contributed by atoms with van der Waals surface area (Å²) in [5.74, 6) is -2.39. The Morgan fingerprint density at radius 3 is 2.43 bits per heavy atom. The van der Waals surface area contributed by atoms with Gasteiger partial charge in [0.15, 0.2) is 0 Å². The van der Waals surface area contributed by atoms with Gasteiger partial charge in [-0.3, -0.25) is 19.0 Å². The molecule has 0 aliphatic carbocycles. The molecule has 3 aromatic rings. The van der Waals surface area contributed by atoms with Crippen LogP contribution in [0.3, 0.4) is 0 Å². The maximum atomic E-state index is 14.7. The van der Waals surface area contributed by atoms with E-state index in [0.717, 1.165) is 10.1 Å². The first-order valence-corrected chi connectivity index (χ1v) is 11.4. The van der Waals surface area contributed by atoms with E-state index in [0.29, 0.717) is 11.9 Å². The minimum absolute atomic E-state index is 0.0127. The van der Waals surface area contributed by atoms with Crippen LogP contribution in [0.25, 0.3) is 0 Å². The fourth-order valence-corrected chi connectivity index (χ4v) is 3.96. The van der Waals surface area contributed by atoms with Crippen molar-refractivity contribution in [2.75, 3.05) is 13.7 Å². The first-order valence-electron chi connectivity index (χ1n) is 11.4. The van der Waals surface area contributed by atoms with Gasteiger partial charge in [0.1, 0.15) is 24.7 Å². The minimum atomic E-state index is -1.38. The molecule has 10 nitrogen and oxygen atoms in total. The van der Waals surface area contributed by atoms with Crippen LogP contribution in [0.1, 0.15) is 35.5 Å². The van der Waals surface area contributed by atoms with E-state index >= 15 is 0 Å². The topological polar surface area (TPSA) is 115 Å². The Balaban J connectivity index is 1.63. The SMILES string of the molecule is COc1ccc(C(=O)n2c(=O)c(F)cn([C@@H]3CC(OCc4ccccc4)[C@H](COC(C)=O)O3)c2=O)cc1. The van der Waals surface area contributed by atoms with Gasteiger partial charge in [0, 0.05) is 18.9 Å². The molecule has 1 aromatic heterocycles. The molecular weight excluding hydrogens is 487 g/mol. The third-order valence-electron chi connectivity index (χ3n) is 5.86. The molecule has 0 N–H and O–H groups in total. The van der Waals surface area contributed by atoms with Gasteiger partial charge in [-0.15, -0.1) is 0 Å². The normalized spacial score (nSPS) is 18.9. The molecule has 1 aliphatic heterocycles. The number of ether oxygens (including phenoxy) is 4. The lowest BCUT2D eigenvalue weighted by atomic mass is 10.1. The molecule has 1 unspecified atom stereocenters. The van der Waals surface area contributed by atoms with E-state index in [9.17, 15) is 23.6 Å². The summed E-state index contributed by atoms with van der Waals surface area (Å²) in [5, 5.41) is 0. The number of esters is 1. The van der Waals surface area contributed by atoms with Crippen LogP contribution < -0.4 is 16.0 Å². The van der Waals surface area contributed by atoms with E-state index in [1.54, 1.807) is 0 Å². The zero-order chi connectivity index (χ0) is 26.5. The van der Waals surface area contributed by atoms with E-state index < -0.39 is 47.4 Å². The minimum Gasteiger partial charge on any atom is -0.497 e. The second-order valence-electron chi connectivity index (χ2n) is 8.34. The van der Waals surface area contributed by atoms with Crippen LogP contribution in [0.2, 0.25) is 0 Å². The lowest BCUT2D eigenvalue weighted by molar-refractivity contribution is -0.148. The molecule has 0 amide bonds. The monoisotopic (exact) mass is 512 g/mol. The van der Waals surface area contributed by atoms with Crippen LogP contribution in [-0.4, -0.2) is 46.9 Å². The molecule has 4 rings (SSSR count). The van der Waals surface area contributed by atoms with Crippen LogP contribution in [0, 0.1) is 5.82 Å². The molecule has 2 heterocycles.